The molecular formula is C14H20O9. The molecule has 0 aromatic rings. The fourth-order valence-corrected chi connectivity index (χ4v) is 2.23. The smallest absolute Gasteiger partial charge is 0.305 e. The highest BCUT2D eigenvalue weighted by Gasteiger charge is 2.51. The van der Waals surface area contributed by atoms with Gasteiger partial charge in [0, 0.05) is 27.7 Å². The van der Waals surface area contributed by atoms with Crippen molar-refractivity contribution in [1.82, 2.24) is 0 Å². The summed E-state index contributed by atoms with van der Waals surface area (Å²) in [7, 11) is 0. The Labute approximate surface area is 133 Å². The molecule has 1 saturated heterocycles. The third-order valence-corrected chi connectivity index (χ3v) is 2.92. The molecule has 9 heteroatoms. The van der Waals surface area contributed by atoms with Crippen LogP contribution in [0.15, 0.2) is 0 Å². The molecule has 5 atom stereocenters. The molecule has 1 aliphatic rings. The monoisotopic (exact) mass is 332 g/mol. The standard InChI is InChI=1S/C14H20O9/c1-6-11(20-7(2)15)12(21-8(3)16)13(22-9(4)17)14(19-6)23-10(5)18/h6,11-14H,1-5H3/t6?,11?,12?,13-,14?/m0/s1. The number of carbonyl (C=O) groups excluding carboxylic acids is 4. The summed E-state index contributed by atoms with van der Waals surface area (Å²) in [6.07, 6.45) is -5.51. The summed E-state index contributed by atoms with van der Waals surface area (Å²) < 4.78 is 25.7. The number of rotatable bonds is 4. The topological polar surface area (TPSA) is 114 Å². The van der Waals surface area contributed by atoms with Crippen molar-refractivity contribution in [2.24, 2.45) is 0 Å². The van der Waals surface area contributed by atoms with E-state index in [1.165, 1.54) is 6.92 Å². The van der Waals surface area contributed by atoms with Gasteiger partial charge < -0.3 is 23.7 Å². The summed E-state index contributed by atoms with van der Waals surface area (Å²) in [6, 6.07) is 0. The van der Waals surface area contributed by atoms with E-state index in [1.807, 2.05) is 0 Å². The van der Waals surface area contributed by atoms with E-state index in [0.29, 0.717) is 0 Å². The molecule has 4 unspecified atom stereocenters. The molecule has 0 aliphatic carbocycles. The Bertz CT molecular complexity index is 487. The average Bonchev–Trinajstić information content (AvgIpc) is 2.36. The van der Waals surface area contributed by atoms with E-state index in [9.17, 15) is 19.2 Å². The van der Waals surface area contributed by atoms with E-state index in [2.05, 4.69) is 0 Å². The first-order valence-electron chi connectivity index (χ1n) is 6.96. The predicted molar refractivity (Wildman–Crippen MR) is 72.8 cm³/mol. The maximum atomic E-state index is 11.4. The van der Waals surface area contributed by atoms with Crippen LogP contribution < -0.4 is 0 Å². The van der Waals surface area contributed by atoms with Crippen LogP contribution >= 0.6 is 0 Å². The normalized spacial score (nSPS) is 30.0. The fraction of sp³-hybridized carbons (Fsp3) is 0.714. The van der Waals surface area contributed by atoms with Crippen LogP contribution in [0.1, 0.15) is 34.6 Å². The second kappa shape index (κ2) is 7.91. The van der Waals surface area contributed by atoms with Crippen LogP contribution in [0.3, 0.4) is 0 Å². The molecule has 0 aromatic carbocycles. The van der Waals surface area contributed by atoms with Crippen molar-refractivity contribution in [3.05, 3.63) is 0 Å². The van der Waals surface area contributed by atoms with Crippen molar-refractivity contribution in [1.29, 1.82) is 0 Å². The van der Waals surface area contributed by atoms with Crippen LogP contribution in [0.5, 0.6) is 0 Å². The molecule has 0 amide bonds. The average molecular weight is 332 g/mol. The Kier molecular flexibility index (Phi) is 6.49. The second-order valence-electron chi connectivity index (χ2n) is 5.04. The molecule has 9 nitrogen and oxygen atoms in total. The molecular weight excluding hydrogens is 312 g/mol. The number of hydrogen-bond donors (Lipinski definition) is 0. The minimum absolute atomic E-state index is 0.630. The van der Waals surface area contributed by atoms with Crippen molar-refractivity contribution < 1.29 is 42.9 Å². The minimum Gasteiger partial charge on any atom is -0.456 e. The van der Waals surface area contributed by atoms with Gasteiger partial charge in [0.25, 0.3) is 0 Å². The lowest BCUT2D eigenvalue weighted by Crippen LogP contribution is -2.61. The zero-order chi connectivity index (χ0) is 17.7. The van der Waals surface area contributed by atoms with E-state index in [0.717, 1.165) is 20.8 Å². The van der Waals surface area contributed by atoms with Crippen LogP contribution in [0.25, 0.3) is 0 Å². The zero-order valence-corrected chi connectivity index (χ0v) is 13.6. The number of hydrogen-bond acceptors (Lipinski definition) is 9. The minimum atomic E-state index is -1.29. The number of esters is 4. The first-order valence-corrected chi connectivity index (χ1v) is 6.96. The predicted octanol–water partition coefficient (Wildman–Crippen LogP) is 0.0894. The Morgan fingerprint density at radius 3 is 1.48 bits per heavy atom. The molecule has 130 valence electrons. The van der Waals surface area contributed by atoms with Gasteiger partial charge >= 0.3 is 23.9 Å². The van der Waals surface area contributed by atoms with Gasteiger partial charge in [-0.05, 0) is 6.92 Å². The molecule has 0 aromatic heterocycles. The molecule has 1 fully saturated rings. The van der Waals surface area contributed by atoms with E-state index >= 15 is 0 Å². The van der Waals surface area contributed by atoms with Gasteiger partial charge in [-0.3, -0.25) is 19.2 Å². The molecule has 1 aliphatic heterocycles. The molecule has 23 heavy (non-hydrogen) atoms. The molecule has 0 spiro atoms. The fourth-order valence-electron chi connectivity index (χ4n) is 2.23. The zero-order valence-electron chi connectivity index (χ0n) is 13.6. The highest BCUT2D eigenvalue weighted by Crippen LogP contribution is 2.29. The van der Waals surface area contributed by atoms with Gasteiger partial charge in [0.05, 0.1) is 6.10 Å². The molecule has 1 heterocycles. The van der Waals surface area contributed by atoms with E-state index in [1.54, 1.807) is 6.92 Å². The summed E-state index contributed by atoms with van der Waals surface area (Å²) in [5, 5.41) is 0. The summed E-state index contributed by atoms with van der Waals surface area (Å²) in [5.74, 6) is -2.69. The van der Waals surface area contributed by atoms with Gasteiger partial charge in [0.2, 0.25) is 12.4 Å². The third kappa shape index (κ3) is 5.51. The Morgan fingerprint density at radius 1 is 0.652 bits per heavy atom. The summed E-state index contributed by atoms with van der Waals surface area (Å²) in [6.45, 7) is 6.16. The first-order chi connectivity index (χ1) is 10.6. The Balaban J connectivity index is 3.15. The van der Waals surface area contributed by atoms with Crippen LogP contribution in [0.2, 0.25) is 0 Å². The second-order valence-corrected chi connectivity index (χ2v) is 5.04. The largest absolute Gasteiger partial charge is 0.456 e. The molecule has 0 bridgehead atoms. The maximum absolute atomic E-state index is 11.4. The van der Waals surface area contributed by atoms with Gasteiger partial charge in [-0.25, -0.2) is 0 Å². The van der Waals surface area contributed by atoms with Gasteiger partial charge in [-0.1, -0.05) is 0 Å². The van der Waals surface area contributed by atoms with Crippen molar-refractivity contribution in [3.8, 4) is 0 Å². The molecule has 0 saturated carbocycles. The summed E-state index contributed by atoms with van der Waals surface area (Å²) in [4.78, 5) is 45.1. The SMILES string of the molecule is CC(=O)OC1C(C)OC(OC(C)=O)[C@@H](OC(C)=O)C1OC(C)=O. The summed E-state index contributed by atoms with van der Waals surface area (Å²) in [5.41, 5.74) is 0. The summed E-state index contributed by atoms with van der Waals surface area (Å²) >= 11 is 0. The lowest BCUT2D eigenvalue weighted by Gasteiger charge is -2.42. The van der Waals surface area contributed by atoms with Gasteiger partial charge in [-0.15, -0.1) is 0 Å². The molecule has 0 N–H and O–H groups in total. The first kappa shape index (κ1) is 18.9. The van der Waals surface area contributed by atoms with Crippen LogP contribution in [0, 0.1) is 0 Å². The highest BCUT2D eigenvalue weighted by molar-refractivity contribution is 5.69. The molecule has 1 rings (SSSR count). The number of carbonyl (C=O) groups is 4. The van der Waals surface area contributed by atoms with E-state index in [-0.39, 0.29) is 0 Å². The lowest BCUT2D eigenvalue weighted by molar-refractivity contribution is -0.292. The maximum Gasteiger partial charge on any atom is 0.305 e. The van der Waals surface area contributed by atoms with Gasteiger partial charge in [0.15, 0.2) is 12.2 Å². The van der Waals surface area contributed by atoms with Crippen molar-refractivity contribution in [2.75, 3.05) is 0 Å². The van der Waals surface area contributed by atoms with Crippen molar-refractivity contribution in [3.63, 3.8) is 0 Å². The van der Waals surface area contributed by atoms with E-state index < -0.39 is 54.6 Å². The van der Waals surface area contributed by atoms with Crippen LogP contribution in [0.4, 0.5) is 0 Å². The molecule has 0 radical (unpaired) electrons. The van der Waals surface area contributed by atoms with Gasteiger partial charge in [0.1, 0.15) is 0 Å². The lowest BCUT2D eigenvalue weighted by atomic mass is 9.99. The Morgan fingerprint density at radius 2 is 1.04 bits per heavy atom. The van der Waals surface area contributed by atoms with Crippen LogP contribution in [-0.4, -0.2) is 54.6 Å². The number of ether oxygens (including phenoxy) is 5. The third-order valence-electron chi connectivity index (χ3n) is 2.92. The van der Waals surface area contributed by atoms with Crippen molar-refractivity contribution in [2.45, 2.75) is 65.3 Å². The quantitative estimate of drug-likeness (QED) is 0.521. The van der Waals surface area contributed by atoms with Crippen molar-refractivity contribution >= 4 is 23.9 Å². The Hall–Kier alpha value is -2.16. The highest BCUT2D eigenvalue weighted by atomic mass is 16.7. The van der Waals surface area contributed by atoms with Crippen LogP contribution in [-0.2, 0) is 42.9 Å². The van der Waals surface area contributed by atoms with Gasteiger partial charge in [-0.2, -0.15) is 0 Å². The van der Waals surface area contributed by atoms with E-state index in [4.69, 9.17) is 23.7 Å².